The van der Waals surface area contributed by atoms with Crippen molar-refractivity contribution in [1.82, 2.24) is 0 Å². The van der Waals surface area contributed by atoms with Crippen molar-refractivity contribution in [2.24, 2.45) is 0 Å². The van der Waals surface area contributed by atoms with Gasteiger partial charge < -0.3 is 10.6 Å². The second kappa shape index (κ2) is 7.29. The molecule has 1 amide bonds. The predicted molar refractivity (Wildman–Crippen MR) is 79.5 cm³/mol. The lowest BCUT2D eigenvalue weighted by molar-refractivity contribution is -0.137. The third kappa shape index (κ3) is 4.68. The number of hydrogen-bond donors (Lipinski definition) is 2. The number of anilines is 2. The number of amides is 1. The Bertz CT molecular complexity index is 731. The van der Waals surface area contributed by atoms with Crippen molar-refractivity contribution in [2.45, 2.75) is 12.6 Å². The van der Waals surface area contributed by atoms with Gasteiger partial charge in [-0.05, 0) is 24.3 Å². The molecule has 3 nitrogen and oxygen atoms in total. The molecule has 2 rings (SSSR count). The molecule has 2 N–H and O–H groups in total. The summed E-state index contributed by atoms with van der Waals surface area (Å²) in [6.07, 6.45) is -4.65. The van der Waals surface area contributed by atoms with E-state index in [4.69, 9.17) is 0 Å². The highest BCUT2D eigenvalue weighted by Gasteiger charge is 2.33. The predicted octanol–water partition coefficient (Wildman–Crippen LogP) is 4.42. The molecule has 0 saturated carbocycles. The number of rotatable bonds is 5. The summed E-state index contributed by atoms with van der Waals surface area (Å²) in [5.41, 5.74) is -0.897. The first-order chi connectivity index (χ1) is 11.3. The molecule has 0 fully saturated rings. The molecule has 0 spiro atoms. The van der Waals surface area contributed by atoms with E-state index >= 15 is 0 Å². The molecule has 128 valence electrons. The topological polar surface area (TPSA) is 41.1 Å². The zero-order chi connectivity index (χ0) is 17.7. The summed E-state index contributed by atoms with van der Waals surface area (Å²) in [6, 6.07) is 7.77. The summed E-state index contributed by atoms with van der Waals surface area (Å²) in [6.45, 7) is -0.0530. The van der Waals surface area contributed by atoms with Crippen LogP contribution < -0.4 is 10.6 Å². The molecule has 0 atom stereocenters. The molecular formula is C16H13F5N2O. The molecule has 2 aromatic rings. The zero-order valence-electron chi connectivity index (χ0n) is 12.3. The third-order valence-electron chi connectivity index (χ3n) is 3.10. The number of carbonyl (C=O) groups excluding carboxylic acids is 1. The van der Waals surface area contributed by atoms with Crippen molar-refractivity contribution < 1.29 is 26.7 Å². The highest BCUT2D eigenvalue weighted by atomic mass is 19.4. The zero-order valence-corrected chi connectivity index (χ0v) is 12.3. The van der Waals surface area contributed by atoms with E-state index in [2.05, 4.69) is 10.6 Å². The summed E-state index contributed by atoms with van der Waals surface area (Å²) >= 11 is 0. The Morgan fingerprint density at radius 3 is 2.38 bits per heavy atom. The maximum absolute atomic E-state index is 13.0. The van der Waals surface area contributed by atoms with Gasteiger partial charge in [-0.1, -0.05) is 12.1 Å². The maximum Gasteiger partial charge on any atom is 0.418 e. The highest BCUT2D eigenvalue weighted by molar-refractivity contribution is 5.91. The van der Waals surface area contributed by atoms with E-state index in [0.29, 0.717) is 0 Å². The summed E-state index contributed by atoms with van der Waals surface area (Å²) in [7, 11) is 0. The molecule has 2 aromatic carbocycles. The van der Waals surface area contributed by atoms with Crippen molar-refractivity contribution in [3.05, 3.63) is 59.7 Å². The van der Waals surface area contributed by atoms with Crippen LogP contribution in [0.3, 0.4) is 0 Å². The Morgan fingerprint density at radius 2 is 1.71 bits per heavy atom. The van der Waals surface area contributed by atoms with Gasteiger partial charge >= 0.3 is 6.18 Å². The van der Waals surface area contributed by atoms with Gasteiger partial charge in [0.05, 0.1) is 5.56 Å². The Hall–Kier alpha value is -2.64. The second-order valence-corrected chi connectivity index (χ2v) is 4.90. The average molecular weight is 344 g/mol. The standard InChI is InChI=1S/C16H13F5N2O/c17-12-6-5-10(9-13(12)18)23-15(24)7-8-22-14-4-2-1-3-11(14)16(19,20)21/h1-6,9,22H,7-8H2,(H,23,24). The largest absolute Gasteiger partial charge is 0.418 e. The van der Waals surface area contributed by atoms with E-state index in [0.717, 1.165) is 18.2 Å². The van der Waals surface area contributed by atoms with Crippen LogP contribution in [0.1, 0.15) is 12.0 Å². The molecule has 0 aliphatic rings. The number of nitrogens with one attached hydrogen (secondary N) is 2. The molecule has 0 bridgehead atoms. The number of benzene rings is 2. The van der Waals surface area contributed by atoms with Gasteiger partial charge in [0.1, 0.15) is 0 Å². The number of para-hydroxylation sites is 1. The van der Waals surface area contributed by atoms with E-state index in [9.17, 15) is 26.7 Å². The van der Waals surface area contributed by atoms with E-state index in [1.807, 2.05) is 0 Å². The van der Waals surface area contributed by atoms with Gasteiger partial charge in [-0.15, -0.1) is 0 Å². The van der Waals surface area contributed by atoms with Crippen LogP contribution in [-0.4, -0.2) is 12.5 Å². The molecule has 0 saturated heterocycles. The maximum atomic E-state index is 13.0. The van der Waals surface area contributed by atoms with Crippen molar-refractivity contribution in [3.8, 4) is 0 Å². The van der Waals surface area contributed by atoms with Crippen LogP contribution in [0.4, 0.5) is 33.3 Å². The second-order valence-electron chi connectivity index (χ2n) is 4.90. The fourth-order valence-electron chi connectivity index (χ4n) is 1.99. The van der Waals surface area contributed by atoms with Gasteiger partial charge in [-0.2, -0.15) is 13.2 Å². The quantitative estimate of drug-likeness (QED) is 0.788. The van der Waals surface area contributed by atoms with Gasteiger partial charge in [0.15, 0.2) is 11.6 Å². The molecule has 0 unspecified atom stereocenters. The van der Waals surface area contributed by atoms with Gasteiger partial charge in [-0.3, -0.25) is 4.79 Å². The molecule has 24 heavy (non-hydrogen) atoms. The molecule has 0 aliphatic heterocycles. The lowest BCUT2D eigenvalue weighted by Crippen LogP contribution is -2.18. The van der Waals surface area contributed by atoms with Crippen LogP contribution in [0.25, 0.3) is 0 Å². The number of halogens is 5. The lowest BCUT2D eigenvalue weighted by atomic mass is 10.1. The minimum absolute atomic E-state index is 0.0530. The van der Waals surface area contributed by atoms with E-state index < -0.39 is 29.3 Å². The van der Waals surface area contributed by atoms with Gasteiger partial charge in [-0.25, -0.2) is 8.78 Å². The third-order valence-corrected chi connectivity index (χ3v) is 3.10. The first-order valence-electron chi connectivity index (χ1n) is 6.92. The Kier molecular flexibility index (Phi) is 5.38. The number of hydrogen-bond acceptors (Lipinski definition) is 2. The van der Waals surface area contributed by atoms with Crippen molar-refractivity contribution >= 4 is 17.3 Å². The van der Waals surface area contributed by atoms with Crippen LogP contribution >= 0.6 is 0 Å². The first-order valence-corrected chi connectivity index (χ1v) is 6.92. The minimum atomic E-state index is -4.50. The number of carbonyl (C=O) groups is 1. The van der Waals surface area contributed by atoms with Gasteiger partial charge in [0.25, 0.3) is 0 Å². The summed E-state index contributed by atoms with van der Waals surface area (Å²) in [5.74, 6) is -2.69. The molecule has 8 heteroatoms. The van der Waals surface area contributed by atoms with Crippen molar-refractivity contribution in [1.29, 1.82) is 0 Å². The summed E-state index contributed by atoms with van der Waals surface area (Å²) in [4.78, 5) is 11.7. The van der Waals surface area contributed by atoms with Crippen LogP contribution in [-0.2, 0) is 11.0 Å². The monoisotopic (exact) mass is 344 g/mol. The fraction of sp³-hybridized carbons (Fsp3) is 0.188. The Labute approximate surface area is 134 Å². The van der Waals surface area contributed by atoms with Crippen LogP contribution in [0, 0.1) is 11.6 Å². The molecule has 0 aromatic heterocycles. The number of alkyl halides is 3. The van der Waals surface area contributed by atoms with E-state index in [-0.39, 0.29) is 24.3 Å². The minimum Gasteiger partial charge on any atom is -0.384 e. The smallest absolute Gasteiger partial charge is 0.384 e. The van der Waals surface area contributed by atoms with Gasteiger partial charge in [0.2, 0.25) is 5.91 Å². The van der Waals surface area contributed by atoms with Gasteiger partial charge in [0, 0.05) is 30.4 Å². The fourth-order valence-corrected chi connectivity index (χ4v) is 1.99. The molecular weight excluding hydrogens is 331 g/mol. The highest BCUT2D eigenvalue weighted by Crippen LogP contribution is 2.34. The molecule has 0 aliphatic carbocycles. The van der Waals surface area contributed by atoms with E-state index in [1.165, 1.54) is 24.3 Å². The van der Waals surface area contributed by atoms with Crippen molar-refractivity contribution in [3.63, 3.8) is 0 Å². The normalized spacial score (nSPS) is 11.2. The first kappa shape index (κ1) is 17.7. The molecule has 0 heterocycles. The van der Waals surface area contributed by atoms with Crippen LogP contribution in [0.15, 0.2) is 42.5 Å². The van der Waals surface area contributed by atoms with Crippen molar-refractivity contribution in [2.75, 3.05) is 17.2 Å². The summed E-state index contributed by atoms with van der Waals surface area (Å²) < 4.78 is 64.2. The SMILES string of the molecule is O=C(CCNc1ccccc1C(F)(F)F)Nc1ccc(F)c(F)c1. The Morgan fingerprint density at radius 1 is 1.00 bits per heavy atom. The van der Waals surface area contributed by atoms with Crippen LogP contribution in [0.5, 0.6) is 0 Å². The van der Waals surface area contributed by atoms with E-state index in [1.54, 1.807) is 0 Å². The van der Waals surface area contributed by atoms with Crippen LogP contribution in [0.2, 0.25) is 0 Å². The Balaban J connectivity index is 1.90. The molecule has 0 radical (unpaired) electrons. The average Bonchev–Trinajstić information content (AvgIpc) is 2.50. The summed E-state index contributed by atoms with van der Waals surface area (Å²) in [5, 5.41) is 4.88. The lowest BCUT2D eigenvalue weighted by Gasteiger charge is -2.14.